The Hall–Kier alpha value is -1.93. The molecule has 1 N–H and O–H groups in total. The van der Waals surface area contributed by atoms with Gasteiger partial charge in [0.1, 0.15) is 0 Å². The van der Waals surface area contributed by atoms with Gasteiger partial charge in [-0.1, -0.05) is 28.1 Å². The van der Waals surface area contributed by atoms with Crippen LogP contribution in [-0.4, -0.2) is 9.97 Å². The molecule has 78 valence electrons. The largest absolute Gasteiger partial charge is 0.261 e. The van der Waals surface area contributed by atoms with Crippen LogP contribution in [0.4, 0.5) is 5.95 Å². The summed E-state index contributed by atoms with van der Waals surface area (Å²) in [4.78, 5) is 8.02. The van der Waals surface area contributed by atoms with Crippen molar-refractivity contribution in [1.29, 1.82) is 5.26 Å². The highest BCUT2D eigenvalue weighted by Crippen LogP contribution is 2.20. The van der Waals surface area contributed by atoms with E-state index >= 15 is 0 Å². The minimum absolute atomic E-state index is 0.309. The smallest absolute Gasteiger partial charge is 0.236 e. The third-order valence-electron chi connectivity index (χ3n) is 2.00. The van der Waals surface area contributed by atoms with Crippen LogP contribution in [0.15, 0.2) is 41.1 Å². The second-order valence-electron chi connectivity index (χ2n) is 3.04. The van der Waals surface area contributed by atoms with Crippen LogP contribution in [0.5, 0.6) is 0 Å². The monoisotopic (exact) mass is 274 g/mol. The molecule has 16 heavy (non-hydrogen) atoms. The van der Waals surface area contributed by atoms with E-state index in [-0.39, 0.29) is 0 Å². The third kappa shape index (κ3) is 2.35. The maximum absolute atomic E-state index is 8.39. The molecule has 0 spiro atoms. The van der Waals surface area contributed by atoms with Gasteiger partial charge in [-0.15, -0.1) is 0 Å². The number of halogens is 1. The predicted molar refractivity (Wildman–Crippen MR) is 64.4 cm³/mol. The number of nitriles is 1. The number of nitrogens with zero attached hydrogens (tertiary/aromatic N) is 3. The van der Waals surface area contributed by atoms with Gasteiger partial charge < -0.3 is 0 Å². The zero-order valence-corrected chi connectivity index (χ0v) is 9.77. The summed E-state index contributed by atoms with van der Waals surface area (Å²) in [6.07, 6.45) is 5.12. The Balaban J connectivity index is 2.28. The first-order valence-corrected chi connectivity index (χ1v) is 5.32. The van der Waals surface area contributed by atoms with Crippen molar-refractivity contribution in [2.75, 3.05) is 5.32 Å². The first-order valence-electron chi connectivity index (χ1n) is 4.52. The molecule has 1 heterocycles. The number of benzene rings is 1. The normalized spacial score (nSPS) is 9.50. The van der Waals surface area contributed by atoms with Crippen LogP contribution >= 0.6 is 15.9 Å². The van der Waals surface area contributed by atoms with E-state index in [1.807, 2.05) is 24.3 Å². The fraction of sp³-hybridized carbons (Fsp3) is 0. The average Bonchev–Trinajstić information content (AvgIpc) is 2.32. The highest BCUT2D eigenvalue weighted by Gasteiger charge is 1.99. The molecule has 2 rings (SSSR count). The van der Waals surface area contributed by atoms with Crippen molar-refractivity contribution in [3.8, 4) is 17.3 Å². The van der Waals surface area contributed by atoms with Gasteiger partial charge in [-0.2, -0.15) is 5.26 Å². The first-order chi connectivity index (χ1) is 7.79. The van der Waals surface area contributed by atoms with Crippen LogP contribution < -0.4 is 5.32 Å². The molecule has 0 saturated heterocycles. The van der Waals surface area contributed by atoms with Crippen molar-refractivity contribution in [2.24, 2.45) is 0 Å². The summed E-state index contributed by atoms with van der Waals surface area (Å²) in [5, 5.41) is 10.8. The SMILES string of the molecule is N#CNc1ncc(-c2ccc(Br)cc2)cn1. The van der Waals surface area contributed by atoms with Crippen molar-refractivity contribution in [3.05, 3.63) is 41.1 Å². The van der Waals surface area contributed by atoms with Crippen LogP contribution in [0.1, 0.15) is 0 Å². The summed E-state index contributed by atoms with van der Waals surface area (Å²) < 4.78 is 1.03. The molecule has 0 amide bonds. The Morgan fingerprint density at radius 3 is 2.25 bits per heavy atom. The van der Waals surface area contributed by atoms with Gasteiger partial charge in [-0.05, 0) is 17.7 Å². The number of rotatable bonds is 2. The van der Waals surface area contributed by atoms with Crippen LogP contribution in [0.25, 0.3) is 11.1 Å². The molecule has 4 nitrogen and oxygen atoms in total. The highest BCUT2D eigenvalue weighted by molar-refractivity contribution is 9.10. The van der Waals surface area contributed by atoms with E-state index in [0.29, 0.717) is 5.95 Å². The van der Waals surface area contributed by atoms with E-state index in [1.165, 1.54) is 0 Å². The Labute approximate surface area is 101 Å². The van der Waals surface area contributed by atoms with Crippen molar-refractivity contribution >= 4 is 21.9 Å². The van der Waals surface area contributed by atoms with E-state index in [2.05, 4.69) is 31.2 Å². The van der Waals surface area contributed by atoms with Crippen LogP contribution in [-0.2, 0) is 0 Å². The van der Waals surface area contributed by atoms with Gasteiger partial charge in [-0.3, -0.25) is 5.32 Å². The summed E-state index contributed by atoms with van der Waals surface area (Å²) in [7, 11) is 0. The van der Waals surface area contributed by atoms with Gasteiger partial charge >= 0.3 is 0 Å². The molecule has 0 saturated carbocycles. The Morgan fingerprint density at radius 2 is 1.69 bits per heavy atom. The van der Waals surface area contributed by atoms with Crippen molar-refractivity contribution in [1.82, 2.24) is 9.97 Å². The second kappa shape index (κ2) is 4.73. The quantitative estimate of drug-likeness (QED) is 0.676. The third-order valence-corrected chi connectivity index (χ3v) is 2.53. The number of nitrogens with one attached hydrogen (secondary N) is 1. The topological polar surface area (TPSA) is 61.6 Å². The van der Waals surface area contributed by atoms with Crippen LogP contribution in [0.3, 0.4) is 0 Å². The zero-order chi connectivity index (χ0) is 11.4. The van der Waals surface area contributed by atoms with Gasteiger partial charge in [-0.25, -0.2) is 9.97 Å². The van der Waals surface area contributed by atoms with Crippen molar-refractivity contribution < 1.29 is 0 Å². The summed E-state index contributed by atoms with van der Waals surface area (Å²) in [5.41, 5.74) is 1.95. The molecule has 5 heteroatoms. The zero-order valence-electron chi connectivity index (χ0n) is 8.18. The van der Waals surface area contributed by atoms with E-state index in [1.54, 1.807) is 18.6 Å². The van der Waals surface area contributed by atoms with Crippen molar-refractivity contribution in [3.63, 3.8) is 0 Å². The molecule has 0 bridgehead atoms. The maximum Gasteiger partial charge on any atom is 0.236 e. The lowest BCUT2D eigenvalue weighted by atomic mass is 10.1. The molecule has 1 aromatic carbocycles. The minimum Gasteiger partial charge on any atom is -0.261 e. The van der Waals surface area contributed by atoms with Gasteiger partial charge in [0.15, 0.2) is 6.19 Å². The predicted octanol–water partition coefficient (Wildman–Crippen LogP) is 2.80. The standard InChI is InChI=1S/C11H7BrN4/c12-10-3-1-8(2-4-10)9-5-14-11(15-6-9)16-7-13/h1-6H,(H,14,15,16). The molecule has 0 aliphatic heterocycles. The van der Waals surface area contributed by atoms with E-state index in [4.69, 9.17) is 5.26 Å². The van der Waals surface area contributed by atoms with Gasteiger partial charge in [0.2, 0.25) is 5.95 Å². The molecule has 0 unspecified atom stereocenters. The molecular weight excluding hydrogens is 268 g/mol. The molecule has 0 fully saturated rings. The summed E-state index contributed by atoms with van der Waals surface area (Å²) in [5.74, 6) is 0.309. The lowest BCUT2D eigenvalue weighted by Crippen LogP contribution is -1.94. The number of aromatic nitrogens is 2. The average molecular weight is 275 g/mol. The fourth-order valence-corrected chi connectivity index (χ4v) is 1.50. The fourth-order valence-electron chi connectivity index (χ4n) is 1.23. The molecular formula is C11H7BrN4. The molecule has 0 aliphatic carbocycles. The van der Waals surface area contributed by atoms with Crippen LogP contribution in [0, 0.1) is 11.5 Å². The van der Waals surface area contributed by atoms with E-state index < -0.39 is 0 Å². The molecule has 2 aromatic rings. The number of hydrogen-bond acceptors (Lipinski definition) is 4. The highest BCUT2D eigenvalue weighted by atomic mass is 79.9. The Kier molecular flexibility index (Phi) is 3.13. The van der Waals surface area contributed by atoms with Gasteiger partial charge in [0.25, 0.3) is 0 Å². The summed E-state index contributed by atoms with van der Waals surface area (Å²) in [6, 6.07) is 7.86. The molecule has 0 aliphatic rings. The molecule has 0 radical (unpaired) electrons. The lowest BCUT2D eigenvalue weighted by molar-refractivity contribution is 1.17. The Morgan fingerprint density at radius 1 is 1.06 bits per heavy atom. The van der Waals surface area contributed by atoms with Gasteiger partial charge in [0, 0.05) is 22.4 Å². The Bertz CT molecular complexity index is 513. The molecule has 0 atom stereocenters. The number of anilines is 1. The second-order valence-corrected chi connectivity index (χ2v) is 3.95. The van der Waals surface area contributed by atoms with E-state index in [0.717, 1.165) is 15.6 Å². The lowest BCUT2D eigenvalue weighted by Gasteiger charge is -2.01. The summed E-state index contributed by atoms with van der Waals surface area (Å²) in [6.45, 7) is 0. The van der Waals surface area contributed by atoms with Crippen LogP contribution in [0.2, 0.25) is 0 Å². The van der Waals surface area contributed by atoms with Crippen molar-refractivity contribution in [2.45, 2.75) is 0 Å². The van der Waals surface area contributed by atoms with Gasteiger partial charge in [0.05, 0.1) is 0 Å². The number of hydrogen-bond donors (Lipinski definition) is 1. The first kappa shape index (κ1) is 10.6. The minimum atomic E-state index is 0.309. The summed E-state index contributed by atoms with van der Waals surface area (Å²) >= 11 is 3.37. The van der Waals surface area contributed by atoms with E-state index in [9.17, 15) is 0 Å². The molecule has 1 aromatic heterocycles. The maximum atomic E-state index is 8.39.